The second kappa shape index (κ2) is 10.1. The number of likely N-dealkylation sites (tertiary alicyclic amines) is 1. The van der Waals surface area contributed by atoms with Gasteiger partial charge in [-0.3, -0.25) is 9.59 Å². The molecular weight excluding hydrogens is 459 g/mol. The van der Waals surface area contributed by atoms with Gasteiger partial charge in [-0.05, 0) is 56.3 Å². The Bertz CT molecular complexity index is 887. The Hall–Kier alpha value is -2.39. The minimum Gasteiger partial charge on any atom is -0.493 e. The monoisotopic (exact) mass is 488 g/mol. The third-order valence-corrected chi connectivity index (χ3v) is 7.01. The first-order valence-electron chi connectivity index (χ1n) is 11.9. The maximum atomic E-state index is 14.3. The van der Waals surface area contributed by atoms with E-state index in [-0.39, 0.29) is 11.8 Å². The lowest BCUT2D eigenvalue weighted by Crippen LogP contribution is -2.39. The van der Waals surface area contributed by atoms with Crippen LogP contribution in [0.2, 0.25) is 0 Å². The van der Waals surface area contributed by atoms with Crippen LogP contribution in [0.4, 0.5) is 22.0 Å². The number of halogens is 5. The summed E-state index contributed by atoms with van der Waals surface area (Å²) in [6.07, 6.45) is -0.967. The molecule has 1 N–H and O–H groups in total. The van der Waals surface area contributed by atoms with Gasteiger partial charge >= 0.3 is 6.18 Å². The summed E-state index contributed by atoms with van der Waals surface area (Å²) in [5, 5.41) is 2.57. The largest absolute Gasteiger partial charge is 0.493 e. The quantitative estimate of drug-likeness (QED) is 0.506. The van der Waals surface area contributed by atoms with E-state index in [2.05, 4.69) is 5.32 Å². The number of piperidine rings is 1. The van der Waals surface area contributed by atoms with Crippen molar-refractivity contribution in [2.45, 2.75) is 63.6 Å². The molecule has 1 heterocycles. The molecule has 0 bridgehead atoms. The van der Waals surface area contributed by atoms with Crippen LogP contribution in [0.25, 0.3) is 0 Å². The Balaban J connectivity index is 1.16. The van der Waals surface area contributed by atoms with Crippen molar-refractivity contribution < 1.29 is 36.3 Å². The van der Waals surface area contributed by atoms with Crippen LogP contribution in [0, 0.1) is 29.4 Å². The molecular formula is C24H29F5N2O3. The van der Waals surface area contributed by atoms with Crippen LogP contribution in [-0.2, 0) is 4.79 Å². The zero-order valence-electron chi connectivity index (χ0n) is 18.8. The van der Waals surface area contributed by atoms with Crippen molar-refractivity contribution in [1.82, 2.24) is 10.2 Å². The molecule has 1 aliphatic heterocycles. The van der Waals surface area contributed by atoms with Crippen molar-refractivity contribution in [1.29, 1.82) is 0 Å². The van der Waals surface area contributed by atoms with Crippen LogP contribution < -0.4 is 10.1 Å². The lowest BCUT2D eigenvalue weighted by atomic mass is 9.90. The van der Waals surface area contributed by atoms with Crippen LogP contribution in [0.15, 0.2) is 12.1 Å². The number of amides is 2. The first-order valence-corrected chi connectivity index (χ1v) is 11.9. The molecule has 1 aromatic carbocycles. The molecule has 4 rings (SSSR count). The summed E-state index contributed by atoms with van der Waals surface area (Å²) < 4.78 is 71.0. The fourth-order valence-corrected chi connectivity index (χ4v) is 4.83. The highest BCUT2D eigenvalue weighted by molar-refractivity contribution is 5.95. The first kappa shape index (κ1) is 24.7. The molecule has 1 aromatic rings. The molecule has 1 saturated heterocycles. The number of carbonyl (C=O) groups excluding carboxylic acids is 2. The molecule has 2 saturated carbocycles. The maximum absolute atomic E-state index is 14.3. The lowest BCUT2D eigenvalue weighted by molar-refractivity contribution is -0.149. The van der Waals surface area contributed by atoms with Crippen molar-refractivity contribution in [3.05, 3.63) is 29.3 Å². The van der Waals surface area contributed by atoms with Gasteiger partial charge in [-0.2, -0.15) is 13.2 Å². The van der Waals surface area contributed by atoms with Gasteiger partial charge in [0.05, 0.1) is 13.0 Å². The Morgan fingerprint density at radius 1 is 1.06 bits per heavy atom. The van der Waals surface area contributed by atoms with E-state index in [1.54, 1.807) is 0 Å². The minimum absolute atomic E-state index is 0.00387. The summed E-state index contributed by atoms with van der Waals surface area (Å²) in [6.45, 7) is 1.27. The van der Waals surface area contributed by atoms with E-state index in [4.69, 9.17) is 4.74 Å². The summed E-state index contributed by atoms with van der Waals surface area (Å²) >= 11 is 0. The smallest absolute Gasteiger partial charge is 0.389 e. The summed E-state index contributed by atoms with van der Waals surface area (Å²) in [4.78, 5) is 25.5. The van der Waals surface area contributed by atoms with E-state index in [1.165, 1.54) is 4.90 Å². The van der Waals surface area contributed by atoms with E-state index < -0.39 is 48.0 Å². The van der Waals surface area contributed by atoms with E-state index in [0.29, 0.717) is 37.5 Å². The number of nitrogens with zero attached hydrogens (tertiary/aromatic N) is 1. The molecule has 2 atom stereocenters. The number of nitrogens with one attached hydrogen (secondary N) is 1. The van der Waals surface area contributed by atoms with Crippen molar-refractivity contribution in [2.24, 2.45) is 17.8 Å². The number of hydrogen-bond acceptors (Lipinski definition) is 3. The average Bonchev–Trinajstić information content (AvgIpc) is 3.68. The number of rotatable bonds is 9. The van der Waals surface area contributed by atoms with Gasteiger partial charge in [-0.25, -0.2) is 8.78 Å². The van der Waals surface area contributed by atoms with Crippen LogP contribution >= 0.6 is 0 Å². The van der Waals surface area contributed by atoms with Gasteiger partial charge in [0.15, 0.2) is 0 Å². The molecule has 5 nitrogen and oxygen atoms in total. The van der Waals surface area contributed by atoms with Crippen molar-refractivity contribution >= 4 is 11.8 Å². The van der Waals surface area contributed by atoms with E-state index >= 15 is 0 Å². The fourth-order valence-electron chi connectivity index (χ4n) is 4.83. The van der Waals surface area contributed by atoms with E-state index in [9.17, 15) is 31.5 Å². The first-order chi connectivity index (χ1) is 16.1. The third kappa shape index (κ3) is 6.60. The van der Waals surface area contributed by atoms with Gasteiger partial charge in [0.1, 0.15) is 22.9 Å². The Morgan fingerprint density at radius 3 is 2.29 bits per heavy atom. The third-order valence-electron chi connectivity index (χ3n) is 7.01. The molecule has 0 aromatic heterocycles. The topological polar surface area (TPSA) is 58.6 Å². The van der Waals surface area contributed by atoms with Crippen LogP contribution in [-0.4, -0.2) is 48.6 Å². The highest BCUT2D eigenvalue weighted by atomic mass is 19.4. The summed E-state index contributed by atoms with van der Waals surface area (Å²) in [5.74, 6) is -1.71. The molecule has 34 heavy (non-hydrogen) atoms. The minimum atomic E-state index is -4.32. The molecule has 2 aliphatic carbocycles. The molecule has 0 spiro atoms. The highest BCUT2D eigenvalue weighted by Crippen LogP contribution is 2.49. The van der Waals surface area contributed by atoms with Crippen LogP contribution in [0.3, 0.4) is 0 Å². The van der Waals surface area contributed by atoms with Gasteiger partial charge < -0.3 is 15.0 Å². The zero-order chi connectivity index (χ0) is 24.5. The Morgan fingerprint density at radius 2 is 1.71 bits per heavy atom. The highest BCUT2D eigenvalue weighted by Gasteiger charge is 2.43. The standard InChI is InChI=1S/C24H29F5N2O3/c25-19-12-17(13-20(26)22(19)23(33)30-16-1-2-16)34-10-6-15-11-18(15)14-4-8-31(9-5-14)21(32)3-7-24(27,28)29/h12-16,18H,1-11H2,(H,30,33)/t15-,18-/m1/s1. The van der Waals surface area contributed by atoms with Gasteiger partial charge in [0, 0.05) is 37.7 Å². The second-order valence-electron chi connectivity index (χ2n) is 9.64. The molecule has 3 aliphatic rings. The SMILES string of the molecule is O=C(NC1CC1)c1c(F)cc(OCC[C@@H]2C[C@@H]2C2CCN(C(=O)CCC(F)(F)F)CC2)cc1F. The molecule has 0 radical (unpaired) electrons. The van der Waals surface area contributed by atoms with Gasteiger partial charge in [0.2, 0.25) is 5.91 Å². The zero-order valence-corrected chi connectivity index (χ0v) is 18.8. The number of alkyl halides is 3. The number of hydrogen-bond donors (Lipinski definition) is 1. The number of carbonyl (C=O) groups is 2. The Labute approximate surface area is 195 Å². The molecule has 2 amide bonds. The van der Waals surface area contributed by atoms with E-state index in [1.807, 2.05) is 0 Å². The van der Waals surface area contributed by atoms with Crippen LogP contribution in [0.5, 0.6) is 5.75 Å². The average molecular weight is 488 g/mol. The van der Waals surface area contributed by atoms with Crippen molar-refractivity contribution in [3.63, 3.8) is 0 Å². The molecule has 3 fully saturated rings. The molecule has 188 valence electrons. The van der Waals surface area contributed by atoms with E-state index in [0.717, 1.165) is 50.7 Å². The number of ether oxygens (including phenoxy) is 1. The van der Waals surface area contributed by atoms with Crippen molar-refractivity contribution in [3.8, 4) is 5.75 Å². The summed E-state index contributed by atoms with van der Waals surface area (Å²) in [7, 11) is 0. The Kier molecular flexibility index (Phi) is 7.33. The summed E-state index contributed by atoms with van der Waals surface area (Å²) in [6, 6.07) is 2.05. The fraction of sp³-hybridized carbons (Fsp3) is 0.667. The number of benzene rings is 1. The van der Waals surface area contributed by atoms with Gasteiger partial charge in [0.25, 0.3) is 5.91 Å². The molecule has 0 unspecified atom stereocenters. The normalized spacial score (nSPS) is 23.0. The predicted octanol–water partition coefficient (Wildman–Crippen LogP) is 4.84. The maximum Gasteiger partial charge on any atom is 0.389 e. The molecule has 10 heteroatoms. The van der Waals surface area contributed by atoms with Gasteiger partial charge in [-0.15, -0.1) is 0 Å². The van der Waals surface area contributed by atoms with Gasteiger partial charge in [-0.1, -0.05) is 0 Å². The van der Waals surface area contributed by atoms with Crippen molar-refractivity contribution in [2.75, 3.05) is 19.7 Å². The second-order valence-corrected chi connectivity index (χ2v) is 9.64. The van der Waals surface area contributed by atoms with Crippen LogP contribution in [0.1, 0.15) is 61.7 Å². The predicted molar refractivity (Wildman–Crippen MR) is 113 cm³/mol. The summed E-state index contributed by atoms with van der Waals surface area (Å²) in [5.41, 5.74) is -0.593. The lowest BCUT2D eigenvalue weighted by Gasteiger charge is -2.32.